The molecule has 3 heterocycles. The average Bonchev–Trinajstić information content (AvgIpc) is 3.26. The van der Waals surface area contributed by atoms with E-state index < -0.39 is 0 Å². The molecule has 2 saturated heterocycles. The summed E-state index contributed by atoms with van der Waals surface area (Å²) in [6, 6.07) is 6.41. The van der Waals surface area contributed by atoms with Crippen molar-refractivity contribution in [3.8, 4) is 5.69 Å². The standard InChI is InChI=1S/C21H28N4O/c1-16-12-17(2)18(19(13-16)25-10-5-8-22-25)14-24-11-7-21(15-24)6-4-9-23(3)20(21)26/h5,8,10,12-13H,4,6-7,9,11,14-15H2,1-3H3. The molecular weight excluding hydrogens is 324 g/mol. The van der Waals surface area contributed by atoms with Gasteiger partial charge in [-0.25, -0.2) is 4.68 Å². The van der Waals surface area contributed by atoms with Crippen LogP contribution in [0.3, 0.4) is 0 Å². The Morgan fingerprint density at radius 1 is 1.19 bits per heavy atom. The van der Waals surface area contributed by atoms with Gasteiger partial charge in [-0.1, -0.05) is 6.07 Å². The Morgan fingerprint density at radius 2 is 2.04 bits per heavy atom. The number of rotatable bonds is 3. The van der Waals surface area contributed by atoms with Crippen molar-refractivity contribution in [1.29, 1.82) is 0 Å². The third kappa shape index (κ3) is 2.94. The first-order chi connectivity index (χ1) is 12.5. The maximum Gasteiger partial charge on any atom is 0.229 e. The van der Waals surface area contributed by atoms with E-state index in [1.165, 1.54) is 16.7 Å². The summed E-state index contributed by atoms with van der Waals surface area (Å²) in [6.45, 7) is 7.96. The molecule has 0 aliphatic carbocycles. The van der Waals surface area contributed by atoms with Crippen molar-refractivity contribution >= 4 is 5.91 Å². The van der Waals surface area contributed by atoms with E-state index in [-0.39, 0.29) is 5.41 Å². The SMILES string of the molecule is Cc1cc(C)c(CN2CCC3(CCCN(C)C3=O)C2)c(-n2cccn2)c1. The van der Waals surface area contributed by atoms with Crippen LogP contribution in [0.25, 0.3) is 5.69 Å². The summed E-state index contributed by atoms with van der Waals surface area (Å²) >= 11 is 0. The Morgan fingerprint density at radius 3 is 2.81 bits per heavy atom. The number of carbonyl (C=O) groups excluding carboxylic acids is 1. The summed E-state index contributed by atoms with van der Waals surface area (Å²) in [5.74, 6) is 0.346. The molecule has 2 aliphatic heterocycles. The molecule has 2 aromatic rings. The third-order valence-electron chi connectivity index (χ3n) is 6.11. The van der Waals surface area contributed by atoms with E-state index in [9.17, 15) is 4.79 Å². The van der Waals surface area contributed by atoms with Crippen LogP contribution in [0.1, 0.15) is 36.0 Å². The zero-order valence-corrected chi connectivity index (χ0v) is 16.0. The number of carbonyl (C=O) groups is 1. The molecule has 138 valence electrons. The lowest BCUT2D eigenvalue weighted by Crippen LogP contribution is -2.48. The summed E-state index contributed by atoms with van der Waals surface area (Å²) in [5.41, 5.74) is 4.85. The Bertz CT molecular complexity index is 814. The normalized spacial score (nSPS) is 24.0. The van der Waals surface area contributed by atoms with Gasteiger partial charge in [0.1, 0.15) is 0 Å². The minimum atomic E-state index is -0.155. The molecule has 2 fully saturated rings. The van der Waals surface area contributed by atoms with Crippen molar-refractivity contribution < 1.29 is 4.79 Å². The smallest absolute Gasteiger partial charge is 0.229 e. The first kappa shape index (κ1) is 17.3. The third-order valence-corrected chi connectivity index (χ3v) is 6.11. The molecule has 1 unspecified atom stereocenters. The number of amides is 1. The summed E-state index contributed by atoms with van der Waals surface area (Å²) in [5, 5.41) is 4.45. The molecule has 0 N–H and O–H groups in total. The second-order valence-corrected chi connectivity index (χ2v) is 8.10. The van der Waals surface area contributed by atoms with Gasteiger partial charge < -0.3 is 4.90 Å². The van der Waals surface area contributed by atoms with Gasteiger partial charge >= 0.3 is 0 Å². The van der Waals surface area contributed by atoms with Crippen molar-refractivity contribution in [1.82, 2.24) is 19.6 Å². The molecule has 1 amide bonds. The van der Waals surface area contributed by atoms with Gasteiger partial charge in [0, 0.05) is 39.1 Å². The highest BCUT2D eigenvalue weighted by Crippen LogP contribution is 2.40. The molecule has 5 heteroatoms. The van der Waals surface area contributed by atoms with Gasteiger partial charge in [-0.05, 0) is 68.5 Å². The van der Waals surface area contributed by atoms with Crippen LogP contribution in [0, 0.1) is 19.3 Å². The number of aryl methyl sites for hydroxylation is 2. The lowest BCUT2D eigenvalue weighted by molar-refractivity contribution is -0.143. The van der Waals surface area contributed by atoms with Gasteiger partial charge in [-0.3, -0.25) is 9.69 Å². The first-order valence-electron chi connectivity index (χ1n) is 9.57. The van der Waals surface area contributed by atoms with Crippen LogP contribution < -0.4 is 0 Å². The second kappa shape index (κ2) is 6.54. The highest BCUT2D eigenvalue weighted by molar-refractivity contribution is 5.83. The van der Waals surface area contributed by atoms with E-state index in [1.807, 2.05) is 35.1 Å². The van der Waals surface area contributed by atoms with Gasteiger partial charge in [-0.15, -0.1) is 0 Å². The number of nitrogens with zero attached hydrogens (tertiary/aromatic N) is 4. The van der Waals surface area contributed by atoms with Crippen molar-refractivity contribution in [2.45, 2.75) is 39.7 Å². The average molecular weight is 352 g/mol. The van der Waals surface area contributed by atoms with Crippen LogP contribution >= 0.6 is 0 Å². The maximum atomic E-state index is 12.8. The zero-order chi connectivity index (χ0) is 18.3. The first-order valence-corrected chi connectivity index (χ1v) is 9.57. The van der Waals surface area contributed by atoms with Gasteiger partial charge in [0.15, 0.2) is 0 Å². The van der Waals surface area contributed by atoms with Crippen molar-refractivity contribution in [2.24, 2.45) is 5.41 Å². The van der Waals surface area contributed by atoms with Crippen LogP contribution in [0.15, 0.2) is 30.6 Å². The number of benzene rings is 1. The summed E-state index contributed by atoms with van der Waals surface area (Å²) in [7, 11) is 1.95. The van der Waals surface area contributed by atoms with E-state index in [0.29, 0.717) is 5.91 Å². The van der Waals surface area contributed by atoms with Gasteiger partial charge in [0.25, 0.3) is 0 Å². The van der Waals surface area contributed by atoms with Crippen LogP contribution in [-0.4, -0.2) is 52.2 Å². The van der Waals surface area contributed by atoms with Gasteiger partial charge in [0.2, 0.25) is 5.91 Å². The molecule has 0 bridgehead atoms. The van der Waals surface area contributed by atoms with Crippen molar-refractivity contribution in [3.63, 3.8) is 0 Å². The van der Waals surface area contributed by atoms with Crippen molar-refractivity contribution in [3.05, 3.63) is 47.3 Å². The Balaban J connectivity index is 1.60. The summed E-state index contributed by atoms with van der Waals surface area (Å²) in [6.07, 6.45) is 6.97. The Labute approximate surface area is 155 Å². The largest absolute Gasteiger partial charge is 0.345 e. The molecule has 1 aromatic heterocycles. The highest BCUT2D eigenvalue weighted by atomic mass is 16.2. The van der Waals surface area contributed by atoms with Crippen LogP contribution in [0.5, 0.6) is 0 Å². The fourth-order valence-corrected chi connectivity index (χ4v) is 4.76. The van der Waals surface area contributed by atoms with Crippen LogP contribution in [0.2, 0.25) is 0 Å². The van der Waals surface area contributed by atoms with Crippen molar-refractivity contribution in [2.75, 3.05) is 26.7 Å². The maximum absolute atomic E-state index is 12.8. The quantitative estimate of drug-likeness (QED) is 0.853. The zero-order valence-electron chi connectivity index (χ0n) is 16.0. The lowest BCUT2D eigenvalue weighted by atomic mass is 9.78. The van der Waals surface area contributed by atoms with E-state index in [2.05, 4.69) is 36.0 Å². The van der Waals surface area contributed by atoms with E-state index in [1.54, 1.807) is 0 Å². The molecule has 1 atom stereocenters. The van der Waals surface area contributed by atoms with Crippen LogP contribution in [-0.2, 0) is 11.3 Å². The molecule has 0 saturated carbocycles. The molecular formula is C21H28N4O. The molecule has 0 radical (unpaired) electrons. The van der Waals surface area contributed by atoms with Gasteiger partial charge in [-0.2, -0.15) is 5.10 Å². The molecule has 4 rings (SSSR count). The fourth-order valence-electron chi connectivity index (χ4n) is 4.76. The second-order valence-electron chi connectivity index (χ2n) is 8.10. The Kier molecular flexibility index (Phi) is 4.35. The molecule has 5 nitrogen and oxygen atoms in total. The summed E-state index contributed by atoms with van der Waals surface area (Å²) < 4.78 is 1.96. The van der Waals surface area contributed by atoms with E-state index in [4.69, 9.17) is 0 Å². The van der Waals surface area contributed by atoms with E-state index >= 15 is 0 Å². The number of hydrogen-bond donors (Lipinski definition) is 0. The van der Waals surface area contributed by atoms with E-state index in [0.717, 1.165) is 51.1 Å². The molecule has 1 aromatic carbocycles. The number of hydrogen-bond acceptors (Lipinski definition) is 3. The minimum Gasteiger partial charge on any atom is -0.345 e. The molecule has 26 heavy (non-hydrogen) atoms. The molecule has 1 spiro atoms. The predicted octanol–water partition coefficient (Wildman–Crippen LogP) is 2.93. The monoisotopic (exact) mass is 352 g/mol. The topological polar surface area (TPSA) is 41.4 Å². The number of aromatic nitrogens is 2. The van der Waals surface area contributed by atoms with Crippen LogP contribution in [0.4, 0.5) is 0 Å². The fraction of sp³-hybridized carbons (Fsp3) is 0.524. The Hall–Kier alpha value is -2.14. The molecule has 2 aliphatic rings. The predicted molar refractivity (Wildman–Crippen MR) is 102 cm³/mol. The highest BCUT2D eigenvalue weighted by Gasteiger charge is 2.47. The minimum absolute atomic E-state index is 0.155. The lowest BCUT2D eigenvalue weighted by Gasteiger charge is -2.37. The summed E-state index contributed by atoms with van der Waals surface area (Å²) in [4.78, 5) is 17.2. The van der Waals surface area contributed by atoms with Gasteiger partial charge in [0.05, 0.1) is 11.1 Å². The number of piperidine rings is 1. The number of likely N-dealkylation sites (tertiary alicyclic amines) is 2.